The summed E-state index contributed by atoms with van der Waals surface area (Å²) in [5, 5.41) is 14.1. The molecule has 0 amide bonds. The number of nitrogens with one attached hydrogen (secondary N) is 1. The normalized spacial score (nSPS) is 10.4. The molecular formula is C15H17NO3S. The summed E-state index contributed by atoms with van der Waals surface area (Å²) in [7, 11) is 1.65. The highest BCUT2D eigenvalue weighted by Crippen LogP contribution is 2.16. The average molecular weight is 291 g/mol. The maximum absolute atomic E-state index is 11.0. The molecule has 1 heterocycles. The number of hydrogen-bond donors (Lipinski definition) is 2. The number of methoxy groups -OCH3 is 1. The monoisotopic (exact) mass is 291 g/mol. The first-order valence-electron chi connectivity index (χ1n) is 6.34. The first-order valence-corrected chi connectivity index (χ1v) is 7.22. The quantitative estimate of drug-likeness (QED) is 0.770. The maximum Gasteiger partial charge on any atom is 0.346 e. The second-order valence-electron chi connectivity index (χ2n) is 4.36. The number of hydrogen-bond acceptors (Lipinski definition) is 4. The highest BCUT2D eigenvalue weighted by atomic mass is 32.1. The summed E-state index contributed by atoms with van der Waals surface area (Å²) < 4.78 is 5.18. The van der Waals surface area contributed by atoms with E-state index in [2.05, 4.69) is 11.4 Å². The third-order valence-electron chi connectivity index (χ3n) is 2.98. The standard InChI is InChI=1S/C15H17NO3S/c1-19-13-4-2-3-11(9-13)5-7-16-10-12-6-8-20-14(12)15(17)18/h2-4,6,8-9,16H,5,7,10H2,1H3,(H,17,18). The number of carbonyl (C=O) groups is 1. The highest BCUT2D eigenvalue weighted by Gasteiger charge is 2.10. The van der Waals surface area contributed by atoms with Crippen molar-refractivity contribution in [3.8, 4) is 5.75 Å². The molecule has 0 aliphatic carbocycles. The minimum Gasteiger partial charge on any atom is -0.497 e. The van der Waals surface area contributed by atoms with Gasteiger partial charge in [-0.1, -0.05) is 12.1 Å². The van der Waals surface area contributed by atoms with Crippen molar-refractivity contribution in [2.45, 2.75) is 13.0 Å². The Morgan fingerprint density at radius 2 is 2.25 bits per heavy atom. The zero-order chi connectivity index (χ0) is 14.4. The van der Waals surface area contributed by atoms with Gasteiger partial charge in [-0.05, 0) is 47.7 Å². The van der Waals surface area contributed by atoms with E-state index in [1.807, 2.05) is 29.6 Å². The van der Waals surface area contributed by atoms with Gasteiger partial charge < -0.3 is 15.2 Å². The van der Waals surface area contributed by atoms with Gasteiger partial charge in [-0.2, -0.15) is 0 Å². The van der Waals surface area contributed by atoms with Crippen LogP contribution in [0.2, 0.25) is 0 Å². The van der Waals surface area contributed by atoms with Crippen LogP contribution in [-0.2, 0) is 13.0 Å². The lowest BCUT2D eigenvalue weighted by molar-refractivity contribution is 0.0701. The van der Waals surface area contributed by atoms with Gasteiger partial charge in [0.15, 0.2) is 0 Å². The van der Waals surface area contributed by atoms with Crippen LogP contribution < -0.4 is 10.1 Å². The van der Waals surface area contributed by atoms with Gasteiger partial charge in [0.1, 0.15) is 10.6 Å². The van der Waals surface area contributed by atoms with Gasteiger partial charge in [0.25, 0.3) is 0 Å². The fourth-order valence-corrected chi connectivity index (χ4v) is 2.71. The smallest absolute Gasteiger partial charge is 0.346 e. The van der Waals surface area contributed by atoms with E-state index in [1.165, 1.54) is 16.9 Å². The first-order chi connectivity index (χ1) is 9.70. The Morgan fingerprint density at radius 3 is 3.00 bits per heavy atom. The van der Waals surface area contributed by atoms with Gasteiger partial charge >= 0.3 is 5.97 Å². The number of rotatable bonds is 7. The molecule has 0 unspecified atom stereocenters. The zero-order valence-corrected chi connectivity index (χ0v) is 12.1. The predicted octanol–water partition coefficient (Wildman–Crippen LogP) is 2.79. The Hall–Kier alpha value is -1.85. The predicted molar refractivity (Wildman–Crippen MR) is 79.7 cm³/mol. The number of ether oxygens (including phenoxy) is 1. The number of thiophene rings is 1. The van der Waals surface area contributed by atoms with E-state index in [1.54, 1.807) is 7.11 Å². The maximum atomic E-state index is 11.0. The Labute approximate surface area is 122 Å². The fraction of sp³-hybridized carbons (Fsp3) is 0.267. The Balaban J connectivity index is 1.81. The average Bonchev–Trinajstić information content (AvgIpc) is 2.92. The topological polar surface area (TPSA) is 58.6 Å². The molecule has 1 aromatic heterocycles. The van der Waals surface area contributed by atoms with Crippen molar-refractivity contribution < 1.29 is 14.6 Å². The van der Waals surface area contributed by atoms with E-state index in [-0.39, 0.29) is 0 Å². The Morgan fingerprint density at radius 1 is 1.40 bits per heavy atom. The molecule has 2 N–H and O–H groups in total. The molecule has 0 atom stereocenters. The summed E-state index contributed by atoms with van der Waals surface area (Å²) in [5.74, 6) is -0.00177. The molecule has 0 saturated carbocycles. The van der Waals surface area contributed by atoms with Crippen LogP contribution in [-0.4, -0.2) is 24.7 Å². The molecule has 5 heteroatoms. The van der Waals surface area contributed by atoms with Crippen LogP contribution in [0.15, 0.2) is 35.7 Å². The number of carboxylic acid groups (broad SMARTS) is 1. The van der Waals surface area contributed by atoms with Crippen molar-refractivity contribution in [3.05, 3.63) is 51.7 Å². The van der Waals surface area contributed by atoms with Gasteiger partial charge in [-0.15, -0.1) is 11.3 Å². The first kappa shape index (κ1) is 14.6. The molecule has 0 spiro atoms. The largest absolute Gasteiger partial charge is 0.497 e. The van der Waals surface area contributed by atoms with Gasteiger partial charge in [0.05, 0.1) is 7.11 Å². The number of carboxylic acids is 1. The zero-order valence-electron chi connectivity index (χ0n) is 11.3. The summed E-state index contributed by atoms with van der Waals surface area (Å²) in [6, 6.07) is 9.80. The van der Waals surface area contributed by atoms with E-state index in [9.17, 15) is 4.79 Å². The second-order valence-corrected chi connectivity index (χ2v) is 5.27. The molecule has 0 aliphatic heterocycles. The lowest BCUT2D eigenvalue weighted by Gasteiger charge is -2.06. The van der Waals surface area contributed by atoms with Crippen LogP contribution in [0.1, 0.15) is 20.8 Å². The summed E-state index contributed by atoms with van der Waals surface area (Å²) >= 11 is 1.26. The molecule has 1 aromatic carbocycles. The van der Waals surface area contributed by atoms with E-state index >= 15 is 0 Å². The van der Waals surface area contributed by atoms with Gasteiger partial charge in [-0.3, -0.25) is 0 Å². The third kappa shape index (κ3) is 3.82. The minimum absolute atomic E-state index is 0.416. The van der Waals surface area contributed by atoms with Crippen molar-refractivity contribution in [3.63, 3.8) is 0 Å². The molecule has 4 nitrogen and oxygen atoms in total. The SMILES string of the molecule is COc1cccc(CCNCc2ccsc2C(=O)O)c1. The molecule has 0 radical (unpaired) electrons. The number of aromatic carboxylic acids is 1. The highest BCUT2D eigenvalue weighted by molar-refractivity contribution is 7.12. The van der Waals surface area contributed by atoms with Crippen molar-refractivity contribution >= 4 is 17.3 Å². The molecule has 20 heavy (non-hydrogen) atoms. The molecule has 106 valence electrons. The van der Waals surface area contributed by atoms with Crippen molar-refractivity contribution in [1.29, 1.82) is 0 Å². The van der Waals surface area contributed by atoms with Crippen LogP contribution in [0.4, 0.5) is 0 Å². The van der Waals surface area contributed by atoms with Crippen molar-refractivity contribution in [2.24, 2.45) is 0 Å². The molecule has 0 bridgehead atoms. The van der Waals surface area contributed by atoms with Crippen LogP contribution in [0, 0.1) is 0 Å². The molecule has 0 saturated heterocycles. The van der Waals surface area contributed by atoms with E-state index in [4.69, 9.17) is 9.84 Å². The van der Waals surface area contributed by atoms with Gasteiger partial charge in [0.2, 0.25) is 0 Å². The van der Waals surface area contributed by atoms with E-state index in [0.717, 1.165) is 24.3 Å². The van der Waals surface area contributed by atoms with E-state index in [0.29, 0.717) is 11.4 Å². The summed E-state index contributed by atoms with van der Waals surface area (Å²) in [6.07, 6.45) is 0.879. The third-order valence-corrected chi connectivity index (χ3v) is 3.93. The molecule has 2 aromatic rings. The van der Waals surface area contributed by atoms with E-state index < -0.39 is 5.97 Å². The molecule has 0 fully saturated rings. The fourth-order valence-electron chi connectivity index (χ4n) is 1.95. The van der Waals surface area contributed by atoms with Crippen LogP contribution in [0.5, 0.6) is 5.75 Å². The van der Waals surface area contributed by atoms with Gasteiger partial charge in [-0.25, -0.2) is 4.79 Å². The lowest BCUT2D eigenvalue weighted by atomic mass is 10.1. The second kappa shape index (κ2) is 7.07. The Kier molecular flexibility index (Phi) is 5.15. The molecule has 2 rings (SSSR count). The number of benzene rings is 1. The summed E-state index contributed by atoms with van der Waals surface area (Å²) in [5.41, 5.74) is 2.04. The molecular weight excluding hydrogens is 274 g/mol. The lowest BCUT2D eigenvalue weighted by Crippen LogP contribution is -2.17. The molecule has 0 aliphatic rings. The van der Waals surface area contributed by atoms with Crippen molar-refractivity contribution in [2.75, 3.05) is 13.7 Å². The van der Waals surface area contributed by atoms with Gasteiger partial charge in [0, 0.05) is 6.54 Å². The van der Waals surface area contributed by atoms with Crippen LogP contribution in [0.25, 0.3) is 0 Å². The minimum atomic E-state index is -0.857. The summed E-state index contributed by atoms with van der Waals surface area (Å²) in [6.45, 7) is 1.37. The van der Waals surface area contributed by atoms with Crippen LogP contribution >= 0.6 is 11.3 Å². The summed E-state index contributed by atoms with van der Waals surface area (Å²) in [4.78, 5) is 11.4. The Bertz CT molecular complexity index is 580. The van der Waals surface area contributed by atoms with Crippen molar-refractivity contribution in [1.82, 2.24) is 5.32 Å². The van der Waals surface area contributed by atoms with Crippen LogP contribution in [0.3, 0.4) is 0 Å².